The number of allylic oxidation sites excluding steroid dienone is 2. The van der Waals surface area contributed by atoms with Crippen molar-refractivity contribution in [2.24, 2.45) is 0 Å². The van der Waals surface area contributed by atoms with Crippen LogP contribution in [0.3, 0.4) is 0 Å². The third-order valence-corrected chi connectivity index (χ3v) is 6.96. The van der Waals surface area contributed by atoms with Gasteiger partial charge in [-0.05, 0) is 50.3 Å². The van der Waals surface area contributed by atoms with Gasteiger partial charge in [-0.15, -0.1) is 0 Å². The van der Waals surface area contributed by atoms with Crippen molar-refractivity contribution in [3.63, 3.8) is 0 Å². The number of aromatic nitrogens is 4. The first kappa shape index (κ1) is 23.2. The minimum atomic E-state index is -0.114. The minimum Gasteiger partial charge on any atom is -0.493 e. The molecule has 4 aromatic rings. The first-order valence-corrected chi connectivity index (χ1v) is 12.5. The smallest absolute Gasteiger partial charge is 0.262 e. The van der Waals surface area contributed by atoms with Crippen LogP contribution in [0.2, 0.25) is 0 Å². The number of nitrogens with zero attached hydrogens (tertiary/aromatic N) is 4. The number of methoxy groups -OCH3 is 2. The number of fused-ring (bicyclic) bond motifs is 1. The molecule has 10 heteroatoms. The van der Waals surface area contributed by atoms with Crippen LogP contribution in [-0.4, -0.2) is 33.9 Å². The third-order valence-electron chi connectivity index (χ3n) is 6.00. The standard InChI is InChI=1S/C25H26N4O5S/c1-31-20-13-17-18(14-21(20)32-2)26-25(29(24(17)30)11-10-16-7-4-3-5-8-16)35-15-22-27-23(28-34-22)19-9-6-12-33-19/h6-7,9,12-14H,3-5,8,10-11,15H2,1-2H3. The summed E-state index contributed by atoms with van der Waals surface area (Å²) in [6, 6.07) is 6.96. The number of hydrogen-bond acceptors (Lipinski definition) is 9. The average Bonchev–Trinajstić information content (AvgIpc) is 3.59. The van der Waals surface area contributed by atoms with E-state index in [0.29, 0.717) is 57.3 Å². The molecule has 0 N–H and O–H groups in total. The van der Waals surface area contributed by atoms with Gasteiger partial charge in [-0.2, -0.15) is 4.98 Å². The van der Waals surface area contributed by atoms with Crippen LogP contribution in [0.25, 0.3) is 22.5 Å². The van der Waals surface area contributed by atoms with Gasteiger partial charge in [0.2, 0.25) is 11.7 Å². The van der Waals surface area contributed by atoms with Gasteiger partial charge in [-0.3, -0.25) is 9.36 Å². The molecule has 0 saturated carbocycles. The number of ether oxygens (including phenoxy) is 2. The monoisotopic (exact) mass is 494 g/mol. The highest BCUT2D eigenvalue weighted by atomic mass is 32.2. The largest absolute Gasteiger partial charge is 0.493 e. The SMILES string of the molecule is COc1cc2nc(SCc3nc(-c4ccco4)no3)n(CCC3=CCCCC3)c(=O)c2cc1OC. The van der Waals surface area contributed by atoms with Crippen LogP contribution >= 0.6 is 11.8 Å². The van der Waals surface area contributed by atoms with Gasteiger partial charge in [0, 0.05) is 12.6 Å². The summed E-state index contributed by atoms with van der Waals surface area (Å²) in [5.41, 5.74) is 1.83. The Morgan fingerprint density at radius 2 is 2.00 bits per heavy atom. The highest BCUT2D eigenvalue weighted by Gasteiger charge is 2.18. The fraction of sp³-hybridized carbons (Fsp3) is 0.360. The van der Waals surface area contributed by atoms with E-state index >= 15 is 0 Å². The molecule has 0 spiro atoms. The summed E-state index contributed by atoms with van der Waals surface area (Å²) in [4.78, 5) is 22.8. The average molecular weight is 495 g/mol. The van der Waals surface area contributed by atoms with Gasteiger partial charge >= 0.3 is 0 Å². The number of rotatable bonds is 9. The molecule has 1 aliphatic rings. The summed E-state index contributed by atoms with van der Waals surface area (Å²) in [6.07, 6.45) is 9.30. The molecule has 0 bridgehead atoms. The molecule has 1 aliphatic carbocycles. The molecule has 0 atom stereocenters. The summed E-state index contributed by atoms with van der Waals surface area (Å²) < 4.78 is 23.3. The Kier molecular flexibility index (Phi) is 6.89. The van der Waals surface area contributed by atoms with Crippen molar-refractivity contribution in [3.05, 3.63) is 58.4 Å². The second kappa shape index (κ2) is 10.4. The van der Waals surface area contributed by atoms with E-state index in [1.54, 1.807) is 49.3 Å². The van der Waals surface area contributed by atoms with Crippen molar-refractivity contribution in [2.75, 3.05) is 14.2 Å². The molecule has 3 aromatic heterocycles. The summed E-state index contributed by atoms with van der Waals surface area (Å²) in [5, 5.41) is 5.06. The van der Waals surface area contributed by atoms with Gasteiger partial charge in [0.05, 0.1) is 37.1 Å². The zero-order valence-electron chi connectivity index (χ0n) is 19.7. The summed E-state index contributed by atoms with van der Waals surface area (Å²) >= 11 is 1.38. The number of hydrogen-bond donors (Lipinski definition) is 0. The summed E-state index contributed by atoms with van der Waals surface area (Å²) in [5.74, 6) is 2.72. The second-order valence-electron chi connectivity index (χ2n) is 8.21. The number of furan rings is 1. The Balaban J connectivity index is 1.48. The second-order valence-corrected chi connectivity index (χ2v) is 9.15. The van der Waals surface area contributed by atoms with Gasteiger partial charge in [-0.1, -0.05) is 28.6 Å². The van der Waals surface area contributed by atoms with Crippen LogP contribution in [0.1, 0.15) is 38.0 Å². The summed E-state index contributed by atoms with van der Waals surface area (Å²) in [7, 11) is 3.11. The minimum absolute atomic E-state index is 0.114. The first-order chi connectivity index (χ1) is 17.2. The van der Waals surface area contributed by atoms with Crippen LogP contribution in [0, 0.1) is 0 Å². The lowest BCUT2D eigenvalue weighted by Gasteiger charge is -2.16. The highest BCUT2D eigenvalue weighted by Crippen LogP contribution is 2.32. The normalized spacial score (nSPS) is 13.7. The molecule has 9 nitrogen and oxygen atoms in total. The molecule has 0 unspecified atom stereocenters. The third kappa shape index (κ3) is 4.97. The van der Waals surface area contributed by atoms with Gasteiger partial charge < -0.3 is 18.4 Å². The van der Waals surface area contributed by atoms with E-state index in [4.69, 9.17) is 23.4 Å². The predicted octanol–water partition coefficient (Wildman–Crippen LogP) is 5.24. The molecule has 0 fully saturated rings. The van der Waals surface area contributed by atoms with E-state index in [1.807, 2.05) is 0 Å². The fourth-order valence-corrected chi connectivity index (χ4v) is 5.03. The maximum atomic E-state index is 13.6. The van der Waals surface area contributed by atoms with Crippen LogP contribution in [0.15, 0.2) is 61.1 Å². The lowest BCUT2D eigenvalue weighted by atomic mass is 9.97. The van der Waals surface area contributed by atoms with Gasteiger partial charge in [-0.25, -0.2) is 4.98 Å². The molecular weight excluding hydrogens is 468 g/mol. The molecule has 0 aliphatic heterocycles. The first-order valence-electron chi connectivity index (χ1n) is 11.5. The maximum Gasteiger partial charge on any atom is 0.262 e. The van der Waals surface area contributed by atoms with E-state index in [2.05, 4.69) is 16.2 Å². The van der Waals surface area contributed by atoms with Gasteiger partial charge in [0.25, 0.3) is 5.56 Å². The Labute approximate surface area is 206 Å². The Morgan fingerprint density at radius 3 is 2.74 bits per heavy atom. The van der Waals surface area contributed by atoms with Crippen LogP contribution in [-0.2, 0) is 12.3 Å². The van der Waals surface area contributed by atoms with Crippen molar-refractivity contribution in [3.8, 4) is 23.1 Å². The molecular formula is C25H26N4O5S. The Morgan fingerprint density at radius 1 is 1.14 bits per heavy atom. The Bertz CT molecular complexity index is 1410. The van der Waals surface area contributed by atoms with E-state index in [9.17, 15) is 4.79 Å². The van der Waals surface area contributed by atoms with Crippen molar-refractivity contribution >= 4 is 22.7 Å². The lowest BCUT2D eigenvalue weighted by Crippen LogP contribution is -2.24. The number of thioether (sulfide) groups is 1. The van der Waals surface area contributed by atoms with Crippen molar-refractivity contribution in [2.45, 2.75) is 49.6 Å². The van der Waals surface area contributed by atoms with Crippen molar-refractivity contribution < 1.29 is 18.4 Å². The van der Waals surface area contributed by atoms with Gasteiger partial charge in [0.15, 0.2) is 22.4 Å². The molecule has 0 radical (unpaired) electrons. The number of benzene rings is 1. The highest BCUT2D eigenvalue weighted by molar-refractivity contribution is 7.98. The van der Waals surface area contributed by atoms with Crippen molar-refractivity contribution in [1.29, 1.82) is 0 Å². The zero-order valence-corrected chi connectivity index (χ0v) is 20.5. The van der Waals surface area contributed by atoms with E-state index in [-0.39, 0.29) is 5.56 Å². The zero-order chi connectivity index (χ0) is 24.2. The Hall–Kier alpha value is -3.53. The van der Waals surface area contributed by atoms with Crippen LogP contribution in [0.5, 0.6) is 11.5 Å². The summed E-state index contributed by atoms with van der Waals surface area (Å²) in [6.45, 7) is 0.547. The molecule has 0 amide bonds. The van der Waals surface area contributed by atoms with Crippen molar-refractivity contribution in [1.82, 2.24) is 19.7 Å². The van der Waals surface area contributed by atoms with Crippen LogP contribution < -0.4 is 15.0 Å². The lowest BCUT2D eigenvalue weighted by molar-refractivity contribution is 0.355. The molecule has 182 valence electrons. The molecule has 3 heterocycles. The fourth-order valence-electron chi connectivity index (χ4n) is 4.17. The predicted molar refractivity (Wildman–Crippen MR) is 132 cm³/mol. The van der Waals surface area contributed by atoms with E-state index in [0.717, 1.165) is 19.3 Å². The van der Waals surface area contributed by atoms with E-state index < -0.39 is 0 Å². The van der Waals surface area contributed by atoms with E-state index in [1.165, 1.54) is 30.2 Å². The van der Waals surface area contributed by atoms with Gasteiger partial charge in [0.1, 0.15) is 0 Å². The molecule has 5 rings (SSSR count). The quantitative estimate of drug-likeness (QED) is 0.175. The topological polar surface area (TPSA) is 105 Å². The maximum absolute atomic E-state index is 13.6. The molecule has 0 saturated heterocycles. The molecule has 1 aromatic carbocycles. The van der Waals surface area contributed by atoms with Crippen LogP contribution in [0.4, 0.5) is 0 Å². The molecule has 35 heavy (non-hydrogen) atoms.